The third-order valence-corrected chi connectivity index (χ3v) is 5.71. The fraction of sp³-hybridized carbons (Fsp3) is 0.360. The number of amides is 1. The van der Waals surface area contributed by atoms with Crippen molar-refractivity contribution >= 4 is 5.91 Å². The zero-order chi connectivity index (χ0) is 22.7. The zero-order valence-corrected chi connectivity index (χ0v) is 18.7. The lowest BCUT2D eigenvalue weighted by Crippen LogP contribution is -2.33. The maximum absolute atomic E-state index is 12.7. The van der Waals surface area contributed by atoms with Crippen molar-refractivity contribution in [1.29, 1.82) is 0 Å². The highest BCUT2D eigenvalue weighted by Crippen LogP contribution is 2.27. The standard InChI is InChI=1S/C25H28N4O3/c1-25(2,3)18-7-9-19(10-8-18)32-16-23(31)29-13-11-17(15-29)21-14-22(30)28-24(27-21)20-6-4-5-12-26-20/h4-10,12,14,17H,11,13,15-16H2,1-3H3,(H,27,28,30)/t17-/m1/s1. The van der Waals surface area contributed by atoms with Crippen molar-refractivity contribution in [2.24, 2.45) is 0 Å². The van der Waals surface area contributed by atoms with E-state index in [1.54, 1.807) is 17.2 Å². The quantitative estimate of drug-likeness (QED) is 0.666. The molecule has 1 N–H and O–H groups in total. The van der Waals surface area contributed by atoms with E-state index in [-0.39, 0.29) is 29.4 Å². The van der Waals surface area contributed by atoms with Crippen molar-refractivity contribution in [1.82, 2.24) is 19.9 Å². The maximum Gasteiger partial charge on any atom is 0.260 e. The number of benzene rings is 1. The predicted octanol–water partition coefficient (Wildman–Crippen LogP) is 3.52. The van der Waals surface area contributed by atoms with E-state index in [9.17, 15) is 9.59 Å². The third kappa shape index (κ3) is 5.04. The first-order valence-corrected chi connectivity index (χ1v) is 10.8. The second kappa shape index (κ2) is 8.94. The van der Waals surface area contributed by atoms with Crippen LogP contribution in [0.1, 0.15) is 44.4 Å². The molecule has 0 bridgehead atoms. The van der Waals surface area contributed by atoms with Gasteiger partial charge in [0.05, 0.1) is 5.69 Å². The number of nitrogens with zero attached hydrogens (tertiary/aromatic N) is 3. The summed E-state index contributed by atoms with van der Waals surface area (Å²) in [4.78, 5) is 38.2. The fourth-order valence-electron chi connectivity index (χ4n) is 3.83. The number of carbonyl (C=O) groups is 1. The van der Waals surface area contributed by atoms with Gasteiger partial charge in [-0.05, 0) is 41.7 Å². The van der Waals surface area contributed by atoms with Gasteiger partial charge >= 0.3 is 0 Å². The summed E-state index contributed by atoms with van der Waals surface area (Å²) < 4.78 is 5.71. The number of aromatic nitrogens is 3. The summed E-state index contributed by atoms with van der Waals surface area (Å²) in [5.41, 5.74) is 2.37. The summed E-state index contributed by atoms with van der Waals surface area (Å²) in [6, 6.07) is 14.8. The Labute approximate surface area is 187 Å². The van der Waals surface area contributed by atoms with Crippen LogP contribution in [0.15, 0.2) is 59.5 Å². The topological polar surface area (TPSA) is 88.2 Å². The molecule has 3 aromatic rings. The number of carbonyl (C=O) groups excluding carboxylic acids is 1. The molecule has 0 radical (unpaired) electrons. The Kier molecular flexibility index (Phi) is 6.08. The smallest absolute Gasteiger partial charge is 0.260 e. The van der Waals surface area contributed by atoms with Crippen molar-refractivity contribution in [3.63, 3.8) is 0 Å². The molecular formula is C25H28N4O3. The van der Waals surface area contributed by atoms with Crippen LogP contribution < -0.4 is 10.3 Å². The first-order chi connectivity index (χ1) is 15.3. The number of nitrogens with one attached hydrogen (secondary N) is 1. The average Bonchev–Trinajstić information content (AvgIpc) is 3.28. The number of ether oxygens (including phenoxy) is 1. The van der Waals surface area contributed by atoms with E-state index < -0.39 is 0 Å². The molecule has 7 heteroatoms. The van der Waals surface area contributed by atoms with Crippen molar-refractivity contribution in [3.05, 3.63) is 76.3 Å². The minimum atomic E-state index is -0.220. The molecule has 1 aliphatic heterocycles. The molecule has 0 aliphatic carbocycles. The summed E-state index contributed by atoms with van der Waals surface area (Å²) >= 11 is 0. The molecule has 1 saturated heterocycles. The van der Waals surface area contributed by atoms with Gasteiger partial charge in [0, 0.05) is 31.3 Å². The minimum Gasteiger partial charge on any atom is -0.484 e. The number of aromatic amines is 1. The van der Waals surface area contributed by atoms with E-state index in [1.807, 2.05) is 36.4 Å². The number of rotatable bonds is 5. The van der Waals surface area contributed by atoms with Gasteiger partial charge < -0.3 is 14.6 Å². The summed E-state index contributed by atoms with van der Waals surface area (Å²) in [7, 11) is 0. The van der Waals surface area contributed by atoms with Gasteiger partial charge in [0.25, 0.3) is 11.5 Å². The van der Waals surface area contributed by atoms with E-state index >= 15 is 0 Å². The number of hydrogen-bond donors (Lipinski definition) is 1. The van der Waals surface area contributed by atoms with Crippen LogP contribution in [0.5, 0.6) is 5.75 Å². The Morgan fingerprint density at radius 3 is 2.66 bits per heavy atom. The van der Waals surface area contributed by atoms with Crippen molar-refractivity contribution in [2.75, 3.05) is 19.7 Å². The van der Waals surface area contributed by atoms with Gasteiger partial charge in [0.2, 0.25) is 0 Å². The first-order valence-electron chi connectivity index (χ1n) is 10.8. The molecule has 1 amide bonds. The normalized spacial score (nSPS) is 16.2. The van der Waals surface area contributed by atoms with Crippen LogP contribution in [0.25, 0.3) is 11.5 Å². The zero-order valence-electron chi connectivity index (χ0n) is 18.7. The van der Waals surface area contributed by atoms with Crippen LogP contribution in [-0.2, 0) is 10.2 Å². The van der Waals surface area contributed by atoms with Gasteiger partial charge in [-0.3, -0.25) is 14.6 Å². The third-order valence-electron chi connectivity index (χ3n) is 5.71. The molecule has 0 saturated carbocycles. The monoisotopic (exact) mass is 432 g/mol. The largest absolute Gasteiger partial charge is 0.484 e. The minimum absolute atomic E-state index is 0.00906. The molecular weight excluding hydrogens is 404 g/mol. The molecule has 166 valence electrons. The van der Waals surface area contributed by atoms with E-state index in [2.05, 4.69) is 35.7 Å². The number of H-pyrrole nitrogens is 1. The molecule has 1 aromatic carbocycles. The lowest BCUT2D eigenvalue weighted by molar-refractivity contribution is -0.132. The van der Waals surface area contributed by atoms with Crippen LogP contribution in [-0.4, -0.2) is 45.5 Å². The number of pyridine rings is 1. The van der Waals surface area contributed by atoms with E-state index in [0.717, 1.165) is 6.42 Å². The summed E-state index contributed by atoms with van der Waals surface area (Å²) in [6.07, 6.45) is 2.42. The Hall–Kier alpha value is -3.48. The van der Waals surface area contributed by atoms with Crippen molar-refractivity contribution in [2.45, 2.75) is 38.5 Å². The molecule has 32 heavy (non-hydrogen) atoms. The van der Waals surface area contributed by atoms with Gasteiger partial charge in [-0.15, -0.1) is 0 Å². The van der Waals surface area contributed by atoms with E-state index in [4.69, 9.17) is 4.74 Å². The SMILES string of the molecule is CC(C)(C)c1ccc(OCC(=O)N2CC[C@@H](c3cc(=O)[nH]c(-c4ccccn4)n3)C2)cc1. The van der Waals surface area contributed by atoms with Gasteiger partial charge in [-0.25, -0.2) is 4.98 Å². The predicted molar refractivity (Wildman–Crippen MR) is 123 cm³/mol. The van der Waals surface area contributed by atoms with Crippen LogP contribution in [0, 0.1) is 0 Å². The summed E-state index contributed by atoms with van der Waals surface area (Å²) in [6.45, 7) is 7.59. The summed E-state index contributed by atoms with van der Waals surface area (Å²) in [5, 5.41) is 0. The highest BCUT2D eigenvalue weighted by molar-refractivity contribution is 5.78. The molecule has 7 nitrogen and oxygen atoms in total. The van der Waals surface area contributed by atoms with Gasteiger partial charge in [-0.2, -0.15) is 0 Å². The molecule has 1 atom stereocenters. The lowest BCUT2D eigenvalue weighted by Gasteiger charge is -2.20. The van der Waals surface area contributed by atoms with Crippen LogP contribution in [0.2, 0.25) is 0 Å². The van der Waals surface area contributed by atoms with Gasteiger partial charge in [0.15, 0.2) is 12.4 Å². The Bertz CT molecular complexity index is 1130. The molecule has 3 heterocycles. The fourth-order valence-corrected chi connectivity index (χ4v) is 3.83. The Morgan fingerprint density at radius 1 is 1.19 bits per heavy atom. The molecule has 4 rings (SSSR count). The van der Waals surface area contributed by atoms with Gasteiger partial charge in [-0.1, -0.05) is 39.0 Å². The van der Waals surface area contributed by atoms with Crippen LogP contribution >= 0.6 is 0 Å². The number of hydrogen-bond acceptors (Lipinski definition) is 5. The highest BCUT2D eigenvalue weighted by atomic mass is 16.5. The Balaban J connectivity index is 1.38. The maximum atomic E-state index is 12.7. The molecule has 1 fully saturated rings. The first kappa shape index (κ1) is 21.7. The molecule has 1 aliphatic rings. The second-order valence-electron chi connectivity index (χ2n) is 9.12. The highest BCUT2D eigenvalue weighted by Gasteiger charge is 2.29. The number of likely N-dealkylation sites (tertiary alicyclic amines) is 1. The van der Waals surface area contributed by atoms with E-state index in [1.165, 1.54) is 11.6 Å². The summed E-state index contributed by atoms with van der Waals surface area (Å²) in [5.74, 6) is 1.07. The van der Waals surface area contributed by atoms with Crippen LogP contribution in [0.3, 0.4) is 0 Å². The van der Waals surface area contributed by atoms with E-state index in [0.29, 0.717) is 36.1 Å². The molecule has 0 spiro atoms. The van der Waals surface area contributed by atoms with Crippen LogP contribution in [0.4, 0.5) is 0 Å². The molecule has 0 unspecified atom stereocenters. The Morgan fingerprint density at radius 2 is 1.97 bits per heavy atom. The lowest BCUT2D eigenvalue weighted by atomic mass is 9.87. The van der Waals surface area contributed by atoms with Gasteiger partial charge in [0.1, 0.15) is 11.4 Å². The average molecular weight is 433 g/mol. The van der Waals surface area contributed by atoms with Crippen molar-refractivity contribution < 1.29 is 9.53 Å². The molecule has 2 aromatic heterocycles. The second-order valence-corrected chi connectivity index (χ2v) is 9.12. The van der Waals surface area contributed by atoms with Crippen molar-refractivity contribution in [3.8, 4) is 17.3 Å².